The van der Waals surface area contributed by atoms with Crippen LogP contribution in [0.2, 0.25) is 0 Å². The summed E-state index contributed by atoms with van der Waals surface area (Å²) < 4.78 is 5.11. The summed E-state index contributed by atoms with van der Waals surface area (Å²) in [6.07, 6.45) is 6.42. The number of carbonyl (C=O) groups excluding carboxylic acids is 1. The molecule has 5 nitrogen and oxygen atoms in total. The highest BCUT2D eigenvalue weighted by atomic mass is 16.5. The molecule has 0 aromatic carbocycles. The molecule has 0 saturated heterocycles. The maximum Gasteiger partial charge on any atom is 0.303 e. The van der Waals surface area contributed by atoms with Gasteiger partial charge in [-0.15, -0.1) is 0 Å². The molecule has 1 saturated carbocycles. The topological polar surface area (TPSA) is 75.6 Å². The van der Waals surface area contributed by atoms with E-state index in [4.69, 9.17) is 9.84 Å². The molecule has 0 spiro atoms. The van der Waals surface area contributed by atoms with E-state index in [0.717, 1.165) is 25.7 Å². The highest BCUT2D eigenvalue weighted by molar-refractivity contribution is 5.76. The van der Waals surface area contributed by atoms with Crippen LogP contribution >= 0.6 is 0 Å². The molecule has 0 bridgehead atoms. The molecule has 0 radical (unpaired) electrons. The van der Waals surface area contributed by atoms with E-state index >= 15 is 0 Å². The average Bonchev–Trinajstić information content (AvgIpc) is 2.43. The summed E-state index contributed by atoms with van der Waals surface area (Å²) >= 11 is 0. The summed E-state index contributed by atoms with van der Waals surface area (Å²) in [6, 6.07) is 0. The highest BCUT2D eigenvalue weighted by Crippen LogP contribution is 2.38. The van der Waals surface area contributed by atoms with E-state index in [-0.39, 0.29) is 23.8 Å². The fourth-order valence-corrected chi connectivity index (χ4v) is 2.87. The lowest BCUT2D eigenvalue weighted by Crippen LogP contribution is -2.40. The smallest absolute Gasteiger partial charge is 0.303 e. The zero-order chi connectivity index (χ0) is 15.0. The SMILES string of the molecule is COC(C)CCC(=O)NCC1(CC(=O)O)CCCCC1. The highest BCUT2D eigenvalue weighted by Gasteiger charge is 2.34. The van der Waals surface area contributed by atoms with E-state index in [1.165, 1.54) is 6.42 Å². The van der Waals surface area contributed by atoms with Gasteiger partial charge in [0.1, 0.15) is 0 Å². The maximum atomic E-state index is 11.8. The Bertz CT molecular complexity index is 324. The first-order valence-electron chi connectivity index (χ1n) is 7.49. The second kappa shape index (κ2) is 8.25. The Morgan fingerprint density at radius 3 is 2.50 bits per heavy atom. The van der Waals surface area contributed by atoms with Crippen molar-refractivity contribution in [3.05, 3.63) is 0 Å². The Balaban J connectivity index is 2.41. The number of hydrogen-bond acceptors (Lipinski definition) is 3. The first-order chi connectivity index (χ1) is 9.47. The summed E-state index contributed by atoms with van der Waals surface area (Å²) in [5.41, 5.74) is -0.243. The molecule has 1 rings (SSSR count). The quantitative estimate of drug-likeness (QED) is 0.717. The fourth-order valence-electron chi connectivity index (χ4n) is 2.87. The molecule has 0 aliphatic heterocycles. The predicted molar refractivity (Wildman–Crippen MR) is 76.5 cm³/mol. The van der Waals surface area contributed by atoms with Gasteiger partial charge in [-0.3, -0.25) is 9.59 Å². The van der Waals surface area contributed by atoms with Crippen LogP contribution in [0.25, 0.3) is 0 Å². The van der Waals surface area contributed by atoms with Crippen molar-refractivity contribution in [3.8, 4) is 0 Å². The maximum absolute atomic E-state index is 11.8. The van der Waals surface area contributed by atoms with Crippen LogP contribution < -0.4 is 5.32 Å². The minimum Gasteiger partial charge on any atom is -0.481 e. The van der Waals surface area contributed by atoms with Gasteiger partial charge in [0.05, 0.1) is 12.5 Å². The monoisotopic (exact) mass is 285 g/mol. The lowest BCUT2D eigenvalue weighted by Gasteiger charge is -2.36. The van der Waals surface area contributed by atoms with Crippen molar-refractivity contribution in [3.63, 3.8) is 0 Å². The Kier molecular flexibility index (Phi) is 6.99. The van der Waals surface area contributed by atoms with Gasteiger partial charge >= 0.3 is 5.97 Å². The third-order valence-electron chi connectivity index (χ3n) is 4.28. The van der Waals surface area contributed by atoms with Gasteiger partial charge in [0.15, 0.2) is 0 Å². The standard InChI is InChI=1S/C15H27NO4/c1-12(20-2)6-7-13(17)16-11-15(10-14(18)19)8-4-3-5-9-15/h12H,3-11H2,1-2H3,(H,16,17)(H,18,19). The second-order valence-corrected chi connectivity index (χ2v) is 5.99. The first kappa shape index (κ1) is 17.0. The molecule has 1 amide bonds. The number of amides is 1. The number of rotatable bonds is 8. The van der Waals surface area contributed by atoms with Crippen molar-refractivity contribution in [2.75, 3.05) is 13.7 Å². The van der Waals surface area contributed by atoms with Crippen molar-refractivity contribution in [2.45, 2.75) is 64.4 Å². The molecule has 1 aliphatic carbocycles. The van der Waals surface area contributed by atoms with Crippen LogP contribution in [-0.4, -0.2) is 36.7 Å². The van der Waals surface area contributed by atoms with Gasteiger partial charge in [0, 0.05) is 20.1 Å². The fraction of sp³-hybridized carbons (Fsp3) is 0.867. The summed E-state index contributed by atoms with van der Waals surface area (Å²) in [5.74, 6) is -0.779. The molecular formula is C15H27NO4. The molecule has 116 valence electrons. The van der Waals surface area contributed by atoms with Crippen LogP contribution in [-0.2, 0) is 14.3 Å². The van der Waals surface area contributed by atoms with E-state index < -0.39 is 5.97 Å². The molecule has 1 fully saturated rings. The summed E-state index contributed by atoms with van der Waals surface area (Å²) in [7, 11) is 1.63. The third kappa shape index (κ3) is 5.90. The van der Waals surface area contributed by atoms with Crippen molar-refractivity contribution in [2.24, 2.45) is 5.41 Å². The largest absolute Gasteiger partial charge is 0.481 e. The van der Waals surface area contributed by atoms with Crippen molar-refractivity contribution in [1.29, 1.82) is 0 Å². The van der Waals surface area contributed by atoms with Crippen LogP contribution in [0.1, 0.15) is 58.3 Å². The van der Waals surface area contributed by atoms with Gasteiger partial charge in [-0.1, -0.05) is 19.3 Å². The Morgan fingerprint density at radius 2 is 1.95 bits per heavy atom. The third-order valence-corrected chi connectivity index (χ3v) is 4.28. The Labute approximate surface area is 121 Å². The van der Waals surface area contributed by atoms with Gasteiger partial charge in [0.25, 0.3) is 0 Å². The second-order valence-electron chi connectivity index (χ2n) is 5.99. The molecule has 5 heteroatoms. The molecule has 0 aromatic rings. The number of carboxylic acids is 1. The molecular weight excluding hydrogens is 258 g/mol. The molecule has 1 atom stereocenters. The number of hydrogen-bond donors (Lipinski definition) is 2. The number of carbonyl (C=O) groups is 2. The van der Waals surface area contributed by atoms with Gasteiger partial charge < -0.3 is 15.2 Å². The van der Waals surface area contributed by atoms with Gasteiger partial charge in [-0.25, -0.2) is 0 Å². The molecule has 0 aromatic heterocycles. The average molecular weight is 285 g/mol. The van der Waals surface area contributed by atoms with Gasteiger partial charge in [-0.05, 0) is 31.6 Å². The van der Waals surface area contributed by atoms with Crippen molar-refractivity contribution in [1.82, 2.24) is 5.32 Å². The van der Waals surface area contributed by atoms with Crippen LogP contribution in [0.4, 0.5) is 0 Å². The van der Waals surface area contributed by atoms with Crippen molar-refractivity contribution < 1.29 is 19.4 Å². The summed E-state index contributed by atoms with van der Waals surface area (Å²) in [6.45, 7) is 2.42. The van der Waals surface area contributed by atoms with E-state index in [0.29, 0.717) is 19.4 Å². The zero-order valence-electron chi connectivity index (χ0n) is 12.6. The minimum atomic E-state index is -0.769. The normalized spacial score (nSPS) is 19.3. The number of methoxy groups -OCH3 is 1. The molecule has 1 unspecified atom stereocenters. The number of nitrogens with one attached hydrogen (secondary N) is 1. The van der Waals surface area contributed by atoms with Crippen LogP contribution in [0, 0.1) is 5.41 Å². The van der Waals surface area contributed by atoms with Crippen LogP contribution in [0.5, 0.6) is 0 Å². The zero-order valence-corrected chi connectivity index (χ0v) is 12.6. The van der Waals surface area contributed by atoms with Crippen LogP contribution in [0.15, 0.2) is 0 Å². The van der Waals surface area contributed by atoms with Crippen LogP contribution in [0.3, 0.4) is 0 Å². The minimum absolute atomic E-state index is 0.00997. The number of aliphatic carboxylic acids is 1. The molecule has 20 heavy (non-hydrogen) atoms. The summed E-state index contributed by atoms with van der Waals surface area (Å²) in [5, 5.41) is 12.0. The molecule has 2 N–H and O–H groups in total. The van der Waals surface area contributed by atoms with E-state index in [9.17, 15) is 9.59 Å². The predicted octanol–water partition coefficient (Wildman–Crippen LogP) is 2.34. The van der Waals surface area contributed by atoms with E-state index in [1.54, 1.807) is 7.11 Å². The summed E-state index contributed by atoms with van der Waals surface area (Å²) in [4.78, 5) is 22.9. The van der Waals surface area contributed by atoms with Crippen molar-refractivity contribution >= 4 is 11.9 Å². The van der Waals surface area contributed by atoms with Gasteiger partial charge in [-0.2, -0.15) is 0 Å². The Morgan fingerprint density at radius 1 is 1.30 bits per heavy atom. The lowest BCUT2D eigenvalue weighted by atomic mass is 9.71. The number of carboxylic acid groups (broad SMARTS) is 1. The van der Waals surface area contributed by atoms with E-state index in [1.807, 2.05) is 6.92 Å². The van der Waals surface area contributed by atoms with E-state index in [2.05, 4.69) is 5.32 Å². The molecule has 1 aliphatic rings. The first-order valence-corrected chi connectivity index (χ1v) is 7.49. The lowest BCUT2D eigenvalue weighted by molar-refractivity contribution is -0.140. The Hall–Kier alpha value is -1.10. The van der Waals surface area contributed by atoms with Gasteiger partial charge in [0.2, 0.25) is 5.91 Å². The number of ether oxygens (including phenoxy) is 1. The molecule has 0 heterocycles.